The van der Waals surface area contributed by atoms with Crippen molar-refractivity contribution in [3.8, 4) is 0 Å². The van der Waals surface area contributed by atoms with E-state index in [2.05, 4.69) is 73.9 Å². The zero-order valence-electron chi connectivity index (χ0n) is 23.8. The Hall–Kier alpha value is -4.44. The summed E-state index contributed by atoms with van der Waals surface area (Å²) in [4.78, 5) is 25.3. The van der Waals surface area contributed by atoms with E-state index in [9.17, 15) is 9.59 Å². The van der Waals surface area contributed by atoms with Gasteiger partial charge in [0.2, 0.25) is 0 Å². The number of carbonyl (C=O) groups is 2. The number of aromatic nitrogens is 1. The summed E-state index contributed by atoms with van der Waals surface area (Å²) in [6.07, 6.45) is 6.08. The van der Waals surface area contributed by atoms with Crippen molar-refractivity contribution in [1.29, 1.82) is 0 Å². The Bertz CT molecular complexity index is 2130. The van der Waals surface area contributed by atoms with Crippen LogP contribution in [0.15, 0.2) is 72.8 Å². The number of fused-ring (bicyclic) bond motifs is 6. The summed E-state index contributed by atoms with van der Waals surface area (Å²) in [7, 11) is 0. The molecule has 1 aliphatic heterocycles. The van der Waals surface area contributed by atoms with E-state index in [1.54, 1.807) is 0 Å². The lowest BCUT2D eigenvalue weighted by atomic mass is 9.85. The predicted octanol–water partition coefficient (Wildman–Crippen LogP) is 10.2. The van der Waals surface area contributed by atoms with Crippen molar-refractivity contribution in [3.05, 3.63) is 83.9 Å². The lowest BCUT2D eigenvalue weighted by Gasteiger charge is -2.20. The monoisotopic (exact) mass is 539 g/mol. The fourth-order valence-corrected chi connectivity index (χ4v) is 6.87. The Morgan fingerprint density at radius 3 is 1.93 bits per heavy atom. The van der Waals surface area contributed by atoms with Gasteiger partial charge in [-0.1, -0.05) is 95.0 Å². The number of hydrogen-bond acceptors (Lipinski definition) is 3. The Kier molecular flexibility index (Phi) is 6.15. The van der Waals surface area contributed by atoms with Gasteiger partial charge in [-0.15, -0.1) is 0 Å². The van der Waals surface area contributed by atoms with Crippen LogP contribution in [0.4, 0.5) is 0 Å². The van der Waals surface area contributed by atoms with Crippen molar-refractivity contribution in [3.63, 3.8) is 0 Å². The fourth-order valence-electron chi connectivity index (χ4n) is 6.87. The van der Waals surface area contributed by atoms with Crippen molar-refractivity contribution in [2.24, 2.45) is 0 Å². The van der Waals surface area contributed by atoms with E-state index in [1.165, 1.54) is 58.3 Å². The SMILES string of the molecule is CCC.CCCCCCn1c2ccccc2c2c3cccc4c5ccc6c7c(ccc(c(cc21)c43)c75)C(=O)OC6=O. The number of para-hydroxylation sites is 1. The van der Waals surface area contributed by atoms with Gasteiger partial charge in [-0.2, -0.15) is 0 Å². The van der Waals surface area contributed by atoms with Crippen molar-refractivity contribution in [2.45, 2.75) is 59.4 Å². The van der Waals surface area contributed by atoms with E-state index in [-0.39, 0.29) is 0 Å². The molecule has 0 atom stereocenters. The third kappa shape index (κ3) is 3.66. The van der Waals surface area contributed by atoms with Gasteiger partial charge in [0, 0.05) is 28.2 Å². The third-order valence-electron chi connectivity index (χ3n) is 8.50. The van der Waals surface area contributed by atoms with Gasteiger partial charge in [0.1, 0.15) is 0 Å². The molecule has 0 saturated heterocycles. The van der Waals surface area contributed by atoms with E-state index in [4.69, 9.17) is 4.74 Å². The third-order valence-corrected chi connectivity index (χ3v) is 8.50. The fraction of sp³-hybridized carbons (Fsp3) is 0.243. The highest BCUT2D eigenvalue weighted by Gasteiger charge is 2.30. The molecule has 1 aliphatic rings. The molecule has 0 radical (unpaired) electrons. The highest BCUT2D eigenvalue weighted by molar-refractivity contribution is 6.40. The van der Waals surface area contributed by atoms with Gasteiger partial charge in [-0.3, -0.25) is 0 Å². The Morgan fingerprint density at radius 1 is 0.561 bits per heavy atom. The molecule has 0 spiro atoms. The average molecular weight is 540 g/mol. The largest absolute Gasteiger partial charge is 0.386 e. The maximum atomic E-state index is 12.7. The average Bonchev–Trinajstić information content (AvgIpc) is 3.30. The molecule has 0 bridgehead atoms. The van der Waals surface area contributed by atoms with Crippen LogP contribution in [0.5, 0.6) is 0 Å². The number of benzene rings is 6. The van der Waals surface area contributed by atoms with Gasteiger partial charge in [0.25, 0.3) is 0 Å². The normalized spacial score (nSPS) is 13.1. The van der Waals surface area contributed by atoms with Crippen LogP contribution in [0.2, 0.25) is 0 Å². The number of unbranched alkanes of at least 4 members (excludes halogenated alkanes) is 3. The molecule has 1 aromatic heterocycles. The zero-order valence-corrected chi connectivity index (χ0v) is 23.8. The summed E-state index contributed by atoms with van der Waals surface area (Å²) in [6, 6.07) is 25.3. The molecule has 0 unspecified atom stereocenters. The highest BCUT2D eigenvalue weighted by atomic mass is 16.6. The minimum absolute atomic E-state index is 0.460. The van der Waals surface area contributed by atoms with E-state index in [0.717, 1.165) is 39.9 Å². The lowest BCUT2D eigenvalue weighted by molar-refractivity contribution is 0.0391. The van der Waals surface area contributed by atoms with Gasteiger partial charge >= 0.3 is 11.9 Å². The molecule has 0 saturated carbocycles. The first-order chi connectivity index (χ1) is 20.1. The first kappa shape index (κ1) is 25.5. The molecule has 8 rings (SSSR count). The van der Waals surface area contributed by atoms with Gasteiger partial charge in [0.05, 0.1) is 16.6 Å². The highest BCUT2D eigenvalue weighted by Crippen LogP contribution is 2.46. The van der Waals surface area contributed by atoms with Crippen LogP contribution in [0.1, 0.15) is 73.6 Å². The standard InChI is InChI=1S/C34H25NO3.C3H8/c1-2-3-4-7-17-35-27-12-6-5-9-22(27)30-23-11-8-10-19-20-13-15-24-32-25(34(37)38-33(24)36)16-14-21(31(20)32)26(29(19)23)18-28(30)35;1-3-2/h5-6,8-16,18H,2-4,7,17H2,1H3;3H2,1-2H3. The number of esters is 2. The quantitative estimate of drug-likeness (QED) is 0.0719. The summed E-state index contributed by atoms with van der Waals surface area (Å²) < 4.78 is 7.53. The van der Waals surface area contributed by atoms with Crippen LogP contribution in [0.3, 0.4) is 0 Å². The lowest BCUT2D eigenvalue weighted by Crippen LogP contribution is -2.19. The molecule has 204 valence electrons. The summed E-state index contributed by atoms with van der Waals surface area (Å²) in [5.74, 6) is -1.14. The van der Waals surface area contributed by atoms with Crippen molar-refractivity contribution in [2.75, 3.05) is 0 Å². The molecule has 7 aromatic rings. The van der Waals surface area contributed by atoms with Crippen LogP contribution in [-0.4, -0.2) is 16.5 Å². The molecule has 4 heteroatoms. The second kappa shape index (κ2) is 9.88. The predicted molar refractivity (Wildman–Crippen MR) is 171 cm³/mol. The van der Waals surface area contributed by atoms with E-state index in [0.29, 0.717) is 16.5 Å². The van der Waals surface area contributed by atoms with Crippen LogP contribution >= 0.6 is 0 Å². The maximum absolute atomic E-state index is 12.7. The molecular weight excluding hydrogens is 506 g/mol. The van der Waals surface area contributed by atoms with Gasteiger partial charge in [0.15, 0.2) is 0 Å². The minimum atomic E-state index is -0.571. The first-order valence-electron chi connectivity index (χ1n) is 14.9. The van der Waals surface area contributed by atoms with Crippen molar-refractivity contribution < 1.29 is 14.3 Å². The Balaban J connectivity index is 0.000000884. The number of nitrogens with zero attached hydrogens (tertiary/aromatic N) is 1. The molecule has 0 fully saturated rings. The minimum Gasteiger partial charge on any atom is -0.386 e. The zero-order chi connectivity index (χ0) is 28.2. The topological polar surface area (TPSA) is 48.3 Å². The Morgan fingerprint density at radius 2 is 1.20 bits per heavy atom. The molecule has 6 aromatic carbocycles. The second-order valence-corrected chi connectivity index (χ2v) is 11.2. The van der Waals surface area contributed by atoms with Gasteiger partial charge < -0.3 is 9.30 Å². The smallest absolute Gasteiger partial charge is 0.346 e. The molecule has 2 heterocycles. The molecule has 0 N–H and O–H groups in total. The number of aryl methyl sites for hydroxylation is 1. The van der Waals surface area contributed by atoms with E-state index < -0.39 is 11.9 Å². The summed E-state index contributed by atoms with van der Waals surface area (Å²) >= 11 is 0. The summed E-state index contributed by atoms with van der Waals surface area (Å²) in [6.45, 7) is 7.47. The number of hydrogen-bond donors (Lipinski definition) is 0. The second-order valence-electron chi connectivity index (χ2n) is 11.2. The van der Waals surface area contributed by atoms with Crippen LogP contribution in [0.25, 0.3) is 64.9 Å². The van der Waals surface area contributed by atoms with Crippen LogP contribution < -0.4 is 0 Å². The number of rotatable bonds is 5. The maximum Gasteiger partial charge on any atom is 0.346 e. The van der Waals surface area contributed by atoms with Crippen molar-refractivity contribution in [1.82, 2.24) is 4.57 Å². The summed E-state index contributed by atoms with van der Waals surface area (Å²) in [5, 5.41) is 11.2. The first-order valence-corrected chi connectivity index (χ1v) is 14.9. The molecule has 0 aliphatic carbocycles. The van der Waals surface area contributed by atoms with E-state index >= 15 is 0 Å². The molecule has 41 heavy (non-hydrogen) atoms. The van der Waals surface area contributed by atoms with Crippen LogP contribution in [-0.2, 0) is 11.3 Å². The molecular formula is C37H33NO3. The number of cyclic esters (lactones) is 2. The molecule has 4 nitrogen and oxygen atoms in total. The van der Waals surface area contributed by atoms with E-state index in [1.807, 2.05) is 24.3 Å². The number of ether oxygens (including phenoxy) is 1. The number of carbonyl (C=O) groups excluding carboxylic acids is 2. The molecule has 0 amide bonds. The van der Waals surface area contributed by atoms with Crippen molar-refractivity contribution >= 4 is 76.8 Å². The van der Waals surface area contributed by atoms with Crippen LogP contribution in [0, 0.1) is 0 Å². The Labute approximate surface area is 238 Å². The summed E-state index contributed by atoms with van der Waals surface area (Å²) in [5.41, 5.74) is 3.43. The van der Waals surface area contributed by atoms with Gasteiger partial charge in [-0.25, -0.2) is 9.59 Å². The van der Waals surface area contributed by atoms with Gasteiger partial charge in [-0.05, 0) is 68.4 Å².